The Bertz CT molecular complexity index is 347. The predicted octanol–water partition coefficient (Wildman–Crippen LogP) is 3.04. The highest BCUT2D eigenvalue weighted by Crippen LogP contribution is 2.21. The minimum atomic E-state index is -0.171. The Labute approximate surface area is 101 Å². The van der Waals surface area contributed by atoms with Crippen molar-refractivity contribution in [1.82, 2.24) is 4.98 Å². The third-order valence-electron chi connectivity index (χ3n) is 2.14. The molecule has 0 aliphatic carbocycles. The van der Waals surface area contributed by atoms with Crippen LogP contribution in [0.15, 0.2) is 12.1 Å². The van der Waals surface area contributed by atoms with E-state index >= 15 is 0 Å². The summed E-state index contributed by atoms with van der Waals surface area (Å²) >= 11 is 5.82. The maximum absolute atomic E-state index is 9.00. The van der Waals surface area contributed by atoms with Crippen molar-refractivity contribution in [3.8, 4) is 5.88 Å². The fourth-order valence-electron chi connectivity index (χ4n) is 1.12. The van der Waals surface area contributed by atoms with Gasteiger partial charge in [-0.15, -0.1) is 0 Å². The highest BCUT2D eigenvalue weighted by molar-refractivity contribution is 6.31. The lowest BCUT2D eigenvalue weighted by Crippen LogP contribution is -2.11. The van der Waals surface area contributed by atoms with Gasteiger partial charge in [0.05, 0.1) is 23.9 Å². The first-order valence-corrected chi connectivity index (χ1v) is 5.69. The van der Waals surface area contributed by atoms with Gasteiger partial charge in [0.15, 0.2) is 0 Å². The van der Waals surface area contributed by atoms with Gasteiger partial charge in [0, 0.05) is 6.07 Å². The zero-order valence-electron chi connectivity index (χ0n) is 9.96. The molecule has 0 saturated carbocycles. The van der Waals surface area contributed by atoms with Crippen molar-refractivity contribution in [3.63, 3.8) is 0 Å². The molecule has 1 rings (SSSR count). The second-order valence-electron chi connectivity index (χ2n) is 4.90. The number of hydrogen-bond acceptors (Lipinski definition) is 3. The fourth-order valence-corrected chi connectivity index (χ4v) is 1.28. The Balaban J connectivity index is 2.55. The normalized spacial score (nSPS) is 11.6. The molecule has 3 nitrogen and oxygen atoms in total. The van der Waals surface area contributed by atoms with Crippen LogP contribution in [0.25, 0.3) is 0 Å². The van der Waals surface area contributed by atoms with E-state index in [2.05, 4.69) is 25.8 Å². The molecule has 0 aliphatic rings. The van der Waals surface area contributed by atoms with Gasteiger partial charge in [-0.25, -0.2) is 4.98 Å². The highest BCUT2D eigenvalue weighted by atomic mass is 35.5. The molecule has 1 aromatic rings. The standard InChI is InChI=1S/C12H18ClNO2/c1-12(2,3)6-7-16-11-5-4-9(13)10(8-15)14-11/h4-5,15H,6-8H2,1-3H3. The van der Waals surface area contributed by atoms with Gasteiger partial charge in [-0.2, -0.15) is 0 Å². The molecule has 90 valence electrons. The van der Waals surface area contributed by atoms with Crippen LogP contribution in [-0.2, 0) is 6.61 Å². The summed E-state index contributed by atoms with van der Waals surface area (Å²) in [7, 11) is 0. The summed E-state index contributed by atoms with van der Waals surface area (Å²) in [6, 6.07) is 3.40. The van der Waals surface area contributed by atoms with E-state index in [1.54, 1.807) is 12.1 Å². The molecule has 1 N–H and O–H groups in total. The second-order valence-corrected chi connectivity index (χ2v) is 5.30. The number of aromatic nitrogens is 1. The number of aliphatic hydroxyl groups is 1. The van der Waals surface area contributed by atoms with E-state index in [0.717, 1.165) is 6.42 Å². The zero-order valence-corrected chi connectivity index (χ0v) is 10.7. The first-order chi connectivity index (χ1) is 7.42. The average molecular weight is 244 g/mol. The van der Waals surface area contributed by atoms with E-state index < -0.39 is 0 Å². The maximum Gasteiger partial charge on any atom is 0.213 e. The topological polar surface area (TPSA) is 42.4 Å². The van der Waals surface area contributed by atoms with Crippen LogP contribution in [0.4, 0.5) is 0 Å². The fraction of sp³-hybridized carbons (Fsp3) is 0.583. The summed E-state index contributed by atoms with van der Waals surface area (Å²) in [5.41, 5.74) is 0.696. The van der Waals surface area contributed by atoms with Crippen molar-refractivity contribution in [1.29, 1.82) is 0 Å². The van der Waals surface area contributed by atoms with Gasteiger partial charge >= 0.3 is 0 Å². The molecule has 16 heavy (non-hydrogen) atoms. The van der Waals surface area contributed by atoms with Crippen molar-refractivity contribution in [3.05, 3.63) is 22.8 Å². The lowest BCUT2D eigenvalue weighted by Gasteiger charge is -2.17. The van der Waals surface area contributed by atoms with Crippen LogP contribution < -0.4 is 4.74 Å². The smallest absolute Gasteiger partial charge is 0.213 e. The molecular weight excluding hydrogens is 226 g/mol. The molecule has 0 fully saturated rings. The van der Waals surface area contributed by atoms with Gasteiger partial charge in [-0.3, -0.25) is 0 Å². The lowest BCUT2D eigenvalue weighted by molar-refractivity contribution is 0.232. The van der Waals surface area contributed by atoms with E-state index in [1.165, 1.54) is 0 Å². The molecule has 1 heterocycles. The molecular formula is C12H18ClNO2. The van der Waals surface area contributed by atoms with E-state index in [1.807, 2.05) is 0 Å². The second kappa shape index (κ2) is 5.51. The van der Waals surface area contributed by atoms with Gasteiger partial charge in [0.1, 0.15) is 0 Å². The van der Waals surface area contributed by atoms with E-state index in [4.69, 9.17) is 21.4 Å². The Morgan fingerprint density at radius 3 is 2.62 bits per heavy atom. The molecule has 4 heteroatoms. The first kappa shape index (κ1) is 13.3. The summed E-state index contributed by atoms with van der Waals surface area (Å²) in [4.78, 5) is 4.11. The molecule has 0 spiro atoms. The number of rotatable bonds is 4. The van der Waals surface area contributed by atoms with Crippen LogP contribution in [0.5, 0.6) is 5.88 Å². The van der Waals surface area contributed by atoms with E-state index in [9.17, 15) is 0 Å². The molecule has 0 bridgehead atoms. The molecule has 0 amide bonds. The minimum absolute atomic E-state index is 0.171. The Kier molecular flexibility index (Phi) is 4.56. The summed E-state index contributed by atoms with van der Waals surface area (Å²) in [5.74, 6) is 0.512. The molecule has 0 radical (unpaired) electrons. The monoisotopic (exact) mass is 243 g/mol. The van der Waals surface area contributed by atoms with Gasteiger partial charge < -0.3 is 9.84 Å². The van der Waals surface area contributed by atoms with Crippen molar-refractivity contribution in [2.24, 2.45) is 5.41 Å². The number of hydrogen-bond donors (Lipinski definition) is 1. The molecule has 0 unspecified atom stereocenters. The van der Waals surface area contributed by atoms with Crippen LogP contribution in [0.2, 0.25) is 5.02 Å². The van der Waals surface area contributed by atoms with Crippen molar-refractivity contribution >= 4 is 11.6 Å². The molecule has 0 atom stereocenters. The predicted molar refractivity (Wildman–Crippen MR) is 64.7 cm³/mol. The van der Waals surface area contributed by atoms with Gasteiger partial charge in [-0.1, -0.05) is 32.4 Å². The average Bonchev–Trinajstić information content (AvgIpc) is 2.18. The number of pyridine rings is 1. The molecule has 0 aromatic carbocycles. The highest BCUT2D eigenvalue weighted by Gasteiger charge is 2.10. The third kappa shape index (κ3) is 4.37. The summed E-state index contributed by atoms with van der Waals surface area (Å²) in [5, 5.41) is 9.46. The maximum atomic E-state index is 9.00. The van der Waals surface area contributed by atoms with Crippen LogP contribution in [0.3, 0.4) is 0 Å². The van der Waals surface area contributed by atoms with Gasteiger partial charge in [0.25, 0.3) is 0 Å². The SMILES string of the molecule is CC(C)(C)CCOc1ccc(Cl)c(CO)n1. The lowest BCUT2D eigenvalue weighted by atomic mass is 9.93. The van der Waals surface area contributed by atoms with Crippen molar-refractivity contribution < 1.29 is 9.84 Å². The molecule has 1 aromatic heterocycles. The first-order valence-electron chi connectivity index (χ1n) is 5.31. The summed E-state index contributed by atoms with van der Waals surface area (Å²) in [6.07, 6.45) is 0.950. The van der Waals surface area contributed by atoms with Crippen molar-refractivity contribution in [2.75, 3.05) is 6.61 Å². The number of nitrogens with zero attached hydrogens (tertiary/aromatic N) is 1. The Morgan fingerprint density at radius 1 is 1.38 bits per heavy atom. The Morgan fingerprint density at radius 2 is 2.06 bits per heavy atom. The number of aliphatic hydroxyl groups excluding tert-OH is 1. The largest absolute Gasteiger partial charge is 0.478 e. The van der Waals surface area contributed by atoms with Crippen LogP contribution >= 0.6 is 11.6 Å². The van der Waals surface area contributed by atoms with Crippen LogP contribution in [-0.4, -0.2) is 16.7 Å². The van der Waals surface area contributed by atoms with Crippen LogP contribution in [0, 0.1) is 5.41 Å². The van der Waals surface area contributed by atoms with Crippen molar-refractivity contribution in [2.45, 2.75) is 33.8 Å². The van der Waals surface area contributed by atoms with E-state index in [-0.39, 0.29) is 12.0 Å². The van der Waals surface area contributed by atoms with Gasteiger partial charge in [0.2, 0.25) is 5.88 Å². The minimum Gasteiger partial charge on any atom is -0.478 e. The molecule has 0 saturated heterocycles. The Hall–Kier alpha value is -0.800. The van der Waals surface area contributed by atoms with Gasteiger partial charge in [-0.05, 0) is 17.9 Å². The quantitative estimate of drug-likeness (QED) is 0.884. The van der Waals surface area contributed by atoms with Crippen LogP contribution in [0.1, 0.15) is 32.9 Å². The number of halogens is 1. The summed E-state index contributed by atoms with van der Waals surface area (Å²) < 4.78 is 5.50. The summed E-state index contributed by atoms with van der Waals surface area (Å²) in [6.45, 7) is 6.92. The molecule has 0 aliphatic heterocycles. The number of ether oxygens (including phenoxy) is 1. The zero-order chi connectivity index (χ0) is 12.2. The van der Waals surface area contributed by atoms with E-state index in [0.29, 0.717) is 23.2 Å². The third-order valence-corrected chi connectivity index (χ3v) is 2.49.